The summed E-state index contributed by atoms with van der Waals surface area (Å²) < 4.78 is 11.1. The lowest BCUT2D eigenvalue weighted by Crippen LogP contribution is -2.42. The number of likely N-dealkylation sites (tertiary alicyclic amines) is 1. The van der Waals surface area contributed by atoms with Gasteiger partial charge in [-0.25, -0.2) is 4.79 Å². The van der Waals surface area contributed by atoms with Gasteiger partial charge in [-0.15, -0.1) is 0 Å². The van der Waals surface area contributed by atoms with Crippen LogP contribution in [0.15, 0.2) is 18.2 Å². The van der Waals surface area contributed by atoms with Gasteiger partial charge in [-0.3, -0.25) is 0 Å². The molecule has 116 valence electrons. The van der Waals surface area contributed by atoms with Crippen molar-refractivity contribution in [2.45, 2.75) is 45.3 Å². The second kappa shape index (κ2) is 6.20. The highest BCUT2D eigenvalue weighted by molar-refractivity contribution is 5.69. The number of pyridine rings is 1. The van der Waals surface area contributed by atoms with Crippen LogP contribution in [-0.4, -0.2) is 40.8 Å². The van der Waals surface area contributed by atoms with Crippen molar-refractivity contribution in [1.29, 1.82) is 0 Å². The van der Waals surface area contributed by atoms with Crippen molar-refractivity contribution in [3.8, 4) is 5.88 Å². The van der Waals surface area contributed by atoms with Gasteiger partial charge >= 0.3 is 6.09 Å². The van der Waals surface area contributed by atoms with Gasteiger partial charge in [-0.2, -0.15) is 4.98 Å². The first kappa shape index (κ1) is 15.4. The Kier molecular flexibility index (Phi) is 4.55. The molecule has 1 saturated heterocycles. The minimum Gasteiger partial charge on any atom is -0.475 e. The third-order valence-electron chi connectivity index (χ3n) is 3.17. The van der Waals surface area contributed by atoms with Crippen LogP contribution in [0.25, 0.3) is 0 Å². The molecule has 0 radical (unpaired) electrons. The molecule has 21 heavy (non-hydrogen) atoms. The van der Waals surface area contributed by atoms with Gasteiger partial charge in [0.05, 0.1) is 6.04 Å². The number of hydrogen-bond acceptors (Lipinski definition) is 5. The first-order valence-electron chi connectivity index (χ1n) is 7.20. The van der Waals surface area contributed by atoms with E-state index >= 15 is 0 Å². The first-order valence-corrected chi connectivity index (χ1v) is 7.20. The maximum Gasteiger partial charge on any atom is 0.410 e. The number of carbonyl (C=O) groups is 1. The Morgan fingerprint density at radius 2 is 2.24 bits per heavy atom. The Hall–Kier alpha value is -1.98. The van der Waals surface area contributed by atoms with E-state index in [2.05, 4.69) is 4.98 Å². The predicted octanol–water partition coefficient (Wildman–Crippen LogP) is 2.44. The number of anilines is 1. The van der Waals surface area contributed by atoms with Crippen LogP contribution in [0.4, 0.5) is 10.6 Å². The molecule has 6 heteroatoms. The Labute approximate surface area is 125 Å². The highest BCUT2D eigenvalue weighted by atomic mass is 16.6. The Bertz CT molecular complexity index is 499. The number of ether oxygens (including phenoxy) is 2. The average Bonchev–Trinajstić information content (AvgIpc) is 2.83. The molecule has 1 atom stereocenters. The van der Waals surface area contributed by atoms with Gasteiger partial charge in [0.2, 0.25) is 5.88 Å². The van der Waals surface area contributed by atoms with Crippen LogP contribution in [0.1, 0.15) is 33.6 Å². The number of nitrogens with two attached hydrogens (primary N) is 1. The zero-order chi connectivity index (χ0) is 15.5. The first-order chi connectivity index (χ1) is 9.85. The van der Waals surface area contributed by atoms with Gasteiger partial charge in [0, 0.05) is 12.6 Å². The molecule has 0 bridgehead atoms. The van der Waals surface area contributed by atoms with Crippen LogP contribution < -0.4 is 10.5 Å². The van der Waals surface area contributed by atoms with Crippen molar-refractivity contribution >= 4 is 11.9 Å². The molecule has 2 rings (SSSR count). The van der Waals surface area contributed by atoms with Gasteiger partial charge in [0.1, 0.15) is 18.0 Å². The van der Waals surface area contributed by atoms with Crippen molar-refractivity contribution in [2.24, 2.45) is 0 Å². The summed E-state index contributed by atoms with van der Waals surface area (Å²) in [7, 11) is 0. The van der Waals surface area contributed by atoms with Crippen molar-refractivity contribution in [2.75, 3.05) is 18.9 Å². The fourth-order valence-corrected chi connectivity index (χ4v) is 2.26. The van der Waals surface area contributed by atoms with Gasteiger partial charge in [-0.1, -0.05) is 6.07 Å². The molecule has 1 aliphatic rings. The quantitative estimate of drug-likeness (QED) is 0.926. The smallest absolute Gasteiger partial charge is 0.410 e. The van der Waals surface area contributed by atoms with Crippen LogP contribution >= 0.6 is 0 Å². The zero-order valence-electron chi connectivity index (χ0n) is 12.8. The topological polar surface area (TPSA) is 77.7 Å². The fraction of sp³-hybridized carbons (Fsp3) is 0.600. The Morgan fingerprint density at radius 1 is 1.48 bits per heavy atom. The molecule has 1 amide bonds. The van der Waals surface area contributed by atoms with E-state index in [-0.39, 0.29) is 12.1 Å². The van der Waals surface area contributed by atoms with E-state index in [1.54, 1.807) is 23.1 Å². The summed E-state index contributed by atoms with van der Waals surface area (Å²) in [4.78, 5) is 18.0. The number of rotatable bonds is 3. The number of aromatic nitrogens is 1. The molecule has 0 spiro atoms. The number of carbonyl (C=O) groups excluding carboxylic acids is 1. The third kappa shape index (κ3) is 4.51. The highest BCUT2D eigenvalue weighted by Gasteiger charge is 2.32. The maximum absolute atomic E-state index is 12.1. The van der Waals surface area contributed by atoms with E-state index < -0.39 is 5.60 Å². The summed E-state index contributed by atoms with van der Waals surface area (Å²) in [5.41, 5.74) is 5.13. The maximum atomic E-state index is 12.1. The van der Waals surface area contributed by atoms with Crippen LogP contribution in [0.2, 0.25) is 0 Å². The van der Waals surface area contributed by atoms with Gasteiger partial charge in [0.25, 0.3) is 0 Å². The lowest BCUT2D eigenvalue weighted by atomic mass is 10.2. The lowest BCUT2D eigenvalue weighted by Gasteiger charge is -2.28. The summed E-state index contributed by atoms with van der Waals surface area (Å²) in [6, 6.07) is 5.26. The monoisotopic (exact) mass is 293 g/mol. The molecule has 0 aliphatic carbocycles. The summed E-state index contributed by atoms with van der Waals surface area (Å²) in [6.45, 7) is 6.69. The van der Waals surface area contributed by atoms with Gasteiger partial charge in [0.15, 0.2) is 0 Å². The van der Waals surface area contributed by atoms with Crippen LogP contribution in [-0.2, 0) is 4.74 Å². The van der Waals surface area contributed by atoms with Crippen molar-refractivity contribution in [3.63, 3.8) is 0 Å². The number of nitrogen functional groups attached to an aromatic ring is 1. The second-order valence-corrected chi connectivity index (χ2v) is 6.18. The summed E-state index contributed by atoms with van der Waals surface area (Å²) in [5.74, 6) is 0.897. The lowest BCUT2D eigenvalue weighted by molar-refractivity contribution is 0.0186. The molecule has 0 saturated carbocycles. The predicted molar refractivity (Wildman–Crippen MR) is 80.1 cm³/mol. The highest BCUT2D eigenvalue weighted by Crippen LogP contribution is 2.21. The summed E-state index contributed by atoms with van der Waals surface area (Å²) >= 11 is 0. The average molecular weight is 293 g/mol. The molecule has 2 heterocycles. The zero-order valence-corrected chi connectivity index (χ0v) is 12.8. The normalized spacial score (nSPS) is 18.6. The molecule has 1 aliphatic heterocycles. The van der Waals surface area contributed by atoms with E-state index in [9.17, 15) is 4.79 Å². The SMILES string of the molecule is CC(C)(C)OC(=O)N1CCCC1COc1cccc(N)n1. The molecule has 1 unspecified atom stereocenters. The molecule has 1 aromatic rings. The molecule has 0 aromatic carbocycles. The molecule has 1 fully saturated rings. The van der Waals surface area contributed by atoms with E-state index in [1.165, 1.54) is 0 Å². The van der Waals surface area contributed by atoms with Crippen LogP contribution in [0.5, 0.6) is 5.88 Å². The molecular formula is C15H23N3O3. The number of hydrogen-bond donors (Lipinski definition) is 1. The Balaban J connectivity index is 1.91. The van der Waals surface area contributed by atoms with Crippen molar-refractivity contribution in [3.05, 3.63) is 18.2 Å². The van der Waals surface area contributed by atoms with E-state index in [0.29, 0.717) is 24.8 Å². The fourth-order valence-electron chi connectivity index (χ4n) is 2.26. The van der Waals surface area contributed by atoms with E-state index in [4.69, 9.17) is 15.2 Å². The summed E-state index contributed by atoms with van der Waals surface area (Å²) in [5, 5.41) is 0. The number of amides is 1. The van der Waals surface area contributed by atoms with Crippen LogP contribution in [0, 0.1) is 0 Å². The van der Waals surface area contributed by atoms with Crippen LogP contribution in [0.3, 0.4) is 0 Å². The molecule has 6 nitrogen and oxygen atoms in total. The van der Waals surface area contributed by atoms with Gasteiger partial charge < -0.3 is 20.1 Å². The Morgan fingerprint density at radius 3 is 2.90 bits per heavy atom. The second-order valence-electron chi connectivity index (χ2n) is 6.18. The van der Waals surface area contributed by atoms with E-state index in [1.807, 2.05) is 20.8 Å². The number of nitrogens with zero attached hydrogens (tertiary/aromatic N) is 2. The van der Waals surface area contributed by atoms with Crippen molar-refractivity contribution in [1.82, 2.24) is 9.88 Å². The standard InChI is InChI=1S/C15H23N3O3/c1-15(2,3)21-14(19)18-9-5-6-11(18)10-20-13-8-4-7-12(16)17-13/h4,7-8,11H,5-6,9-10H2,1-3H3,(H2,16,17). The molecular weight excluding hydrogens is 270 g/mol. The van der Waals surface area contributed by atoms with Crippen molar-refractivity contribution < 1.29 is 14.3 Å². The molecule has 2 N–H and O–H groups in total. The molecule has 1 aromatic heterocycles. The minimum atomic E-state index is -0.486. The van der Waals surface area contributed by atoms with Gasteiger partial charge in [-0.05, 0) is 39.7 Å². The summed E-state index contributed by atoms with van der Waals surface area (Å²) in [6.07, 6.45) is 1.58. The largest absolute Gasteiger partial charge is 0.475 e. The third-order valence-corrected chi connectivity index (χ3v) is 3.17. The minimum absolute atomic E-state index is 0.0167. The van der Waals surface area contributed by atoms with E-state index in [0.717, 1.165) is 12.8 Å².